The molecule has 1 amide bonds. The molecular weight excluding hydrogens is 280 g/mol. The SMILES string of the molecule is CCc1ccc(C(=O)Nc2ccc(S(N)(=O)=O)cc2)o1. The van der Waals surface area contributed by atoms with Gasteiger partial charge in [-0.05, 0) is 36.4 Å². The van der Waals surface area contributed by atoms with Crippen LogP contribution in [0.2, 0.25) is 0 Å². The van der Waals surface area contributed by atoms with Crippen LogP contribution in [0.5, 0.6) is 0 Å². The zero-order valence-corrected chi connectivity index (χ0v) is 11.6. The van der Waals surface area contributed by atoms with Crippen LogP contribution in [0, 0.1) is 0 Å². The summed E-state index contributed by atoms with van der Waals surface area (Å²) in [6, 6.07) is 8.89. The van der Waals surface area contributed by atoms with Gasteiger partial charge >= 0.3 is 0 Å². The van der Waals surface area contributed by atoms with Crippen molar-refractivity contribution in [1.29, 1.82) is 0 Å². The second-order valence-corrected chi connectivity index (χ2v) is 5.70. The number of hydrogen-bond acceptors (Lipinski definition) is 4. The van der Waals surface area contributed by atoms with Gasteiger partial charge in [0.1, 0.15) is 5.76 Å². The lowest BCUT2D eigenvalue weighted by molar-refractivity contribution is 0.0995. The Balaban J connectivity index is 2.12. The molecule has 3 N–H and O–H groups in total. The normalized spacial score (nSPS) is 11.3. The third-order valence-corrected chi connectivity index (χ3v) is 3.60. The van der Waals surface area contributed by atoms with E-state index < -0.39 is 15.9 Å². The van der Waals surface area contributed by atoms with Gasteiger partial charge in [0.05, 0.1) is 4.90 Å². The first-order chi connectivity index (χ1) is 9.40. The molecule has 0 radical (unpaired) electrons. The van der Waals surface area contributed by atoms with Crippen LogP contribution in [0.25, 0.3) is 0 Å². The minimum atomic E-state index is -3.73. The van der Waals surface area contributed by atoms with Crippen LogP contribution >= 0.6 is 0 Å². The van der Waals surface area contributed by atoms with E-state index in [2.05, 4.69) is 5.32 Å². The summed E-state index contributed by atoms with van der Waals surface area (Å²) in [6.45, 7) is 1.92. The van der Waals surface area contributed by atoms with Crippen LogP contribution in [0.3, 0.4) is 0 Å². The number of sulfonamides is 1. The molecule has 0 unspecified atom stereocenters. The van der Waals surface area contributed by atoms with Crippen molar-refractivity contribution in [3.63, 3.8) is 0 Å². The van der Waals surface area contributed by atoms with E-state index in [9.17, 15) is 13.2 Å². The number of carbonyl (C=O) groups excluding carboxylic acids is 1. The number of nitrogens with one attached hydrogen (secondary N) is 1. The van der Waals surface area contributed by atoms with E-state index in [1.807, 2.05) is 6.92 Å². The molecule has 0 aliphatic carbocycles. The highest BCUT2D eigenvalue weighted by atomic mass is 32.2. The van der Waals surface area contributed by atoms with Crippen LogP contribution in [0.15, 0.2) is 45.7 Å². The van der Waals surface area contributed by atoms with E-state index in [1.54, 1.807) is 12.1 Å². The highest BCUT2D eigenvalue weighted by molar-refractivity contribution is 7.89. The maximum atomic E-state index is 11.9. The van der Waals surface area contributed by atoms with Gasteiger partial charge in [0.15, 0.2) is 5.76 Å². The third kappa shape index (κ3) is 3.25. The molecule has 2 aromatic rings. The maximum Gasteiger partial charge on any atom is 0.291 e. The number of primary sulfonamides is 1. The quantitative estimate of drug-likeness (QED) is 0.896. The zero-order valence-electron chi connectivity index (χ0n) is 10.8. The Hall–Kier alpha value is -2.12. The summed E-state index contributed by atoms with van der Waals surface area (Å²) >= 11 is 0. The minimum absolute atomic E-state index is 0.0123. The van der Waals surface area contributed by atoms with Gasteiger partial charge in [0.25, 0.3) is 5.91 Å². The number of aryl methyl sites for hydroxylation is 1. The van der Waals surface area contributed by atoms with Gasteiger partial charge in [0.2, 0.25) is 10.0 Å². The number of rotatable bonds is 4. The number of nitrogens with two attached hydrogens (primary N) is 1. The van der Waals surface area contributed by atoms with E-state index in [-0.39, 0.29) is 10.7 Å². The van der Waals surface area contributed by atoms with Crippen molar-refractivity contribution in [2.24, 2.45) is 5.14 Å². The number of benzene rings is 1. The Labute approximate surface area is 116 Å². The van der Waals surface area contributed by atoms with Gasteiger partial charge in [-0.1, -0.05) is 6.92 Å². The topological polar surface area (TPSA) is 102 Å². The Morgan fingerprint density at radius 3 is 2.35 bits per heavy atom. The molecule has 106 valence electrons. The predicted molar refractivity (Wildman–Crippen MR) is 73.9 cm³/mol. The van der Waals surface area contributed by atoms with E-state index in [1.165, 1.54) is 24.3 Å². The fourth-order valence-corrected chi connectivity index (χ4v) is 2.13. The molecular formula is C13H14N2O4S. The molecule has 0 saturated carbocycles. The second-order valence-electron chi connectivity index (χ2n) is 4.14. The summed E-state index contributed by atoms with van der Waals surface area (Å²) in [5, 5.41) is 7.59. The molecule has 0 saturated heterocycles. The van der Waals surface area contributed by atoms with E-state index >= 15 is 0 Å². The summed E-state index contributed by atoms with van der Waals surface area (Å²) in [7, 11) is -3.73. The number of amides is 1. The van der Waals surface area contributed by atoms with E-state index in [4.69, 9.17) is 9.56 Å². The van der Waals surface area contributed by atoms with Crippen LogP contribution < -0.4 is 10.5 Å². The molecule has 1 heterocycles. The third-order valence-electron chi connectivity index (χ3n) is 2.67. The highest BCUT2D eigenvalue weighted by Crippen LogP contribution is 2.15. The van der Waals surface area contributed by atoms with Crippen LogP contribution in [0.1, 0.15) is 23.2 Å². The molecule has 1 aromatic heterocycles. The van der Waals surface area contributed by atoms with Gasteiger partial charge in [-0.25, -0.2) is 13.6 Å². The van der Waals surface area contributed by atoms with Crippen LogP contribution in [0.4, 0.5) is 5.69 Å². The summed E-state index contributed by atoms with van der Waals surface area (Å²) in [6.07, 6.45) is 0.705. The second kappa shape index (κ2) is 5.48. The first-order valence-corrected chi connectivity index (χ1v) is 7.47. The lowest BCUT2D eigenvalue weighted by atomic mass is 10.3. The Kier molecular flexibility index (Phi) is 3.91. The first kappa shape index (κ1) is 14.3. The fraction of sp³-hybridized carbons (Fsp3) is 0.154. The smallest absolute Gasteiger partial charge is 0.291 e. The molecule has 6 nitrogen and oxygen atoms in total. The largest absolute Gasteiger partial charge is 0.456 e. The number of hydrogen-bond donors (Lipinski definition) is 2. The zero-order chi connectivity index (χ0) is 14.8. The van der Waals surface area contributed by atoms with Crippen LogP contribution in [-0.2, 0) is 16.4 Å². The molecule has 1 aromatic carbocycles. The minimum Gasteiger partial charge on any atom is -0.456 e. The Morgan fingerprint density at radius 2 is 1.85 bits per heavy atom. The summed E-state index contributed by atoms with van der Waals surface area (Å²) in [4.78, 5) is 11.9. The standard InChI is InChI=1S/C13H14N2O4S/c1-2-10-5-8-12(19-10)13(16)15-9-3-6-11(7-4-9)20(14,17)18/h3-8H,2H2,1H3,(H,15,16)(H2,14,17,18). The average molecular weight is 294 g/mol. The van der Waals surface area contributed by atoms with E-state index in [0.29, 0.717) is 12.1 Å². The van der Waals surface area contributed by atoms with Gasteiger partial charge in [-0.3, -0.25) is 4.79 Å². The lowest BCUT2D eigenvalue weighted by Gasteiger charge is -2.04. The molecule has 0 atom stereocenters. The number of anilines is 1. The van der Waals surface area contributed by atoms with Gasteiger partial charge in [0, 0.05) is 12.1 Å². The number of furan rings is 1. The Bertz CT molecular complexity index is 717. The molecule has 2 rings (SSSR count). The van der Waals surface area contributed by atoms with Gasteiger partial charge in [-0.15, -0.1) is 0 Å². The lowest BCUT2D eigenvalue weighted by Crippen LogP contribution is -2.13. The average Bonchev–Trinajstić information content (AvgIpc) is 2.87. The first-order valence-electron chi connectivity index (χ1n) is 5.93. The molecule has 7 heteroatoms. The monoisotopic (exact) mass is 294 g/mol. The molecule has 0 aliphatic heterocycles. The van der Waals surface area contributed by atoms with Crippen molar-refractivity contribution < 1.29 is 17.6 Å². The van der Waals surface area contributed by atoms with Crippen molar-refractivity contribution in [3.05, 3.63) is 47.9 Å². The van der Waals surface area contributed by atoms with Crippen molar-refractivity contribution in [3.8, 4) is 0 Å². The van der Waals surface area contributed by atoms with Gasteiger partial charge in [-0.2, -0.15) is 0 Å². The molecule has 20 heavy (non-hydrogen) atoms. The summed E-state index contributed by atoms with van der Waals surface area (Å²) in [5.41, 5.74) is 0.455. The molecule has 0 bridgehead atoms. The van der Waals surface area contributed by atoms with Crippen LogP contribution in [-0.4, -0.2) is 14.3 Å². The molecule has 0 spiro atoms. The van der Waals surface area contributed by atoms with Crippen molar-refractivity contribution in [1.82, 2.24) is 0 Å². The Morgan fingerprint density at radius 1 is 1.20 bits per heavy atom. The predicted octanol–water partition coefficient (Wildman–Crippen LogP) is 1.74. The number of carbonyl (C=O) groups is 1. The highest BCUT2D eigenvalue weighted by Gasteiger charge is 2.12. The van der Waals surface area contributed by atoms with Crippen molar-refractivity contribution in [2.45, 2.75) is 18.2 Å². The fourth-order valence-electron chi connectivity index (χ4n) is 1.61. The van der Waals surface area contributed by atoms with Gasteiger partial charge < -0.3 is 9.73 Å². The maximum absolute atomic E-state index is 11.9. The molecule has 0 aliphatic rings. The summed E-state index contributed by atoms with van der Waals surface area (Å²) in [5.74, 6) is 0.533. The molecule has 0 fully saturated rings. The van der Waals surface area contributed by atoms with Crippen molar-refractivity contribution >= 4 is 21.6 Å². The summed E-state index contributed by atoms with van der Waals surface area (Å²) < 4.78 is 27.5. The van der Waals surface area contributed by atoms with E-state index in [0.717, 1.165) is 5.76 Å². The van der Waals surface area contributed by atoms with Crippen molar-refractivity contribution in [2.75, 3.05) is 5.32 Å².